The average Bonchev–Trinajstić information content (AvgIpc) is 2.57. The van der Waals surface area contributed by atoms with Crippen molar-refractivity contribution in [3.05, 3.63) is 22.4 Å². The van der Waals surface area contributed by atoms with E-state index >= 15 is 0 Å². The molecule has 0 spiro atoms. The van der Waals surface area contributed by atoms with Crippen LogP contribution in [0.25, 0.3) is 0 Å². The second-order valence-corrected chi connectivity index (χ2v) is 4.15. The number of hydrogen-bond donors (Lipinski definition) is 0. The molecule has 12 heavy (non-hydrogen) atoms. The van der Waals surface area contributed by atoms with Crippen molar-refractivity contribution in [1.82, 2.24) is 0 Å². The Kier molecular flexibility index (Phi) is 7.17. The van der Waals surface area contributed by atoms with Gasteiger partial charge in [0.15, 0.2) is 0 Å². The van der Waals surface area contributed by atoms with E-state index in [0.717, 1.165) is 0 Å². The molecule has 0 aromatic carbocycles. The van der Waals surface area contributed by atoms with Gasteiger partial charge in [-0.25, -0.2) is 0 Å². The van der Waals surface area contributed by atoms with E-state index in [1.807, 2.05) is 11.3 Å². The molecular formula is C11H20S. The van der Waals surface area contributed by atoms with Crippen LogP contribution in [-0.4, -0.2) is 0 Å². The Bertz CT molecular complexity index is 161. The van der Waals surface area contributed by atoms with Crippen LogP contribution in [0.1, 0.15) is 51.3 Å². The molecule has 0 aliphatic carbocycles. The van der Waals surface area contributed by atoms with E-state index in [0.29, 0.717) is 5.92 Å². The minimum absolute atomic E-state index is 0.704. The van der Waals surface area contributed by atoms with E-state index in [1.165, 1.54) is 17.7 Å². The summed E-state index contributed by atoms with van der Waals surface area (Å²) in [4.78, 5) is 1.48. The van der Waals surface area contributed by atoms with Crippen molar-refractivity contribution in [1.29, 1.82) is 0 Å². The van der Waals surface area contributed by atoms with Gasteiger partial charge in [-0.15, -0.1) is 11.3 Å². The van der Waals surface area contributed by atoms with Crippen LogP contribution in [0.2, 0.25) is 0 Å². The van der Waals surface area contributed by atoms with Crippen LogP contribution < -0.4 is 0 Å². The lowest BCUT2D eigenvalue weighted by Gasteiger charge is -1.95. The maximum absolute atomic E-state index is 2.21. The minimum Gasteiger partial charge on any atom is -0.149 e. The molecule has 70 valence electrons. The van der Waals surface area contributed by atoms with Gasteiger partial charge in [0.1, 0.15) is 0 Å². The van der Waals surface area contributed by atoms with Gasteiger partial charge in [-0.1, -0.05) is 46.6 Å². The Morgan fingerprint density at radius 1 is 1.25 bits per heavy atom. The highest BCUT2D eigenvalue weighted by Gasteiger charge is 1.95. The molecule has 0 N–H and O–H groups in total. The Morgan fingerprint density at radius 3 is 2.00 bits per heavy atom. The molecule has 0 atom stereocenters. The summed E-state index contributed by atoms with van der Waals surface area (Å²) in [5, 5.41) is 2.12. The molecule has 0 bridgehead atoms. The number of unbranched alkanes of at least 4 members (excludes halogenated alkanes) is 1. The second-order valence-electron chi connectivity index (χ2n) is 3.17. The molecule has 1 aromatic heterocycles. The van der Waals surface area contributed by atoms with Crippen molar-refractivity contribution in [2.75, 3.05) is 0 Å². The van der Waals surface area contributed by atoms with Crippen molar-refractivity contribution in [2.24, 2.45) is 0 Å². The first kappa shape index (κ1) is 11.7. The lowest BCUT2D eigenvalue weighted by Crippen LogP contribution is -1.77. The van der Waals surface area contributed by atoms with Crippen molar-refractivity contribution in [3.63, 3.8) is 0 Å². The predicted molar refractivity (Wildman–Crippen MR) is 59.0 cm³/mol. The van der Waals surface area contributed by atoms with Gasteiger partial charge in [-0.3, -0.25) is 0 Å². The predicted octanol–water partition coefficient (Wildman–Crippen LogP) is 4.68. The van der Waals surface area contributed by atoms with Crippen molar-refractivity contribution < 1.29 is 0 Å². The topological polar surface area (TPSA) is 0 Å². The highest BCUT2D eigenvalue weighted by molar-refractivity contribution is 7.10. The van der Waals surface area contributed by atoms with Gasteiger partial charge < -0.3 is 0 Å². The smallest absolute Gasteiger partial charge is 0.00706 e. The SMILES string of the molecule is CC(C)c1cccs1.CCCC. The van der Waals surface area contributed by atoms with Gasteiger partial charge in [0.25, 0.3) is 0 Å². The van der Waals surface area contributed by atoms with Gasteiger partial charge in [-0.05, 0) is 17.4 Å². The van der Waals surface area contributed by atoms with Crippen LogP contribution >= 0.6 is 11.3 Å². The fraction of sp³-hybridized carbons (Fsp3) is 0.636. The molecule has 0 amide bonds. The third-order valence-electron chi connectivity index (χ3n) is 1.61. The third-order valence-corrected chi connectivity index (χ3v) is 2.79. The summed E-state index contributed by atoms with van der Waals surface area (Å²) in [6, 6.07) is 4.27. The second kappa shape index (κ2) is 7.35. The zero-order chi connectivity index (χ0) is 9.40. The van der Waals surface area contributed by atoms with E-state index in [-0.39, 0.29) is 0 Å². The fourth-order valence-corrected chi connectivity index (χ4v) is 1.36. The summed E-state index contributed by atoms with van der Waals surface area (Å²) >= 11 is 1.83. The maximum atomic E-state index is 2.21. The summed E-state index contributed by atoms with van der Waals surface area (Å²) in [7, 11) is 0. The van der Waals surface area contributed by atoms with Gasteiger partial charge in [0, 0.05) is 4.88 Å². The molecule has 1 rings (SSSR count). The van der Waals surface area contributed by atoms with Crippen LogP contribution in [0.4, 0.5) is 0 Å². The van der Waals surface area contributed by atoms with Crippen LogP contribution in [0.15, 0.2) is 17.5 Å². The molecule has 0 unspecified atom stereocenters. The van der Waals surface area contributed by atoms with Gasteiger partial charge in [0.2, 0.25) is 0 Å². The standard InChI is InChI=1S/C7H10S.C4H10/c1-6(2)7-4-3-5-8-7;1-3-4-2/h3-6H,1-2H3;3-4H2,1-2H3. The number of hydrogen-bond acceptors (Lipinski definition) is 1. The quantitative estimate of drug-likeness (QED) is 0.626. The zero-order valence-corrected chi connectivity index (χ0v) is 9.45. The van der Waals surface area contributed by atoms with Crippen LogP contribution in [0.5, 0.6) is 0 Å². The molecule has 0 saturated carbocycles. The Morgan fingerprint density at radius 2 is 1.83 bits per heavy atom. The summed E-state index contributed by atoms with van der Waals surface area (Å²) < 4.78 is 0. The van der Waals surface area contributed by atoms with E-state index in [2.05, 4.69) is 45.2 Å². The molecule has 0 radical (unpaired) electrons. The Hall–Kier alpha value is -0.300. The number of rotatable bonds is 2. The molecular weight excluding hydrogens is 164 g/mol. The monoisotopic (exact) mass is 184 g/mol. The summed E-state index contributed by atoms with van der Waals surface area (Å²) in [6.45, 7) is 8.79. The zero-order valence-electron chi connectivity index (χ0n) is 8.63. The van der Waals surface area contributed by atoms with E-state index in [9.17, 15) is 0 Å². The van der Waals surface area contributed by atoms with Crippen molar-refractivity contribution in [2.45, 2.75) is 46.5 Å². The maximum Gasteiger partial charge on any atom is 0.00706 e. The molecule has 1 heteroatoms. The molecule has 0 saturated heterocycles. The van der Waals surface area contributed by atoms with Crippen LogP contribution in [0, 0.1) is 0 Å². The minimum atomic E-state index is 0.704. The highest BCUT2D eigenvalue weighted by Crippen LogP contribution is 2.18. The third kappa shape index (κ3) is 5.36. The highest BCUT2D eigenvalue weighted by atomic mass is 32.1. The summed E-state index contributed by atoms with van der Waals surface area (Å²) in [6.07, 6.45) is 2.64. The fourth-order valence-electron chi connectivity index (χ4n) is 0.620. The Labute approximate surface area is 80.6 Å². The first-order valence-corrected chi connectivity index (χ1v) is 5.63. The summed E-state index contributed by atoms with van der Waals surface area (Å²) in [5.74, 6) is 0.704. The van der Waals surface area contributed by atoms with Crippen LogP contribution in [-0.2, 0) is 0 Å². The van der Waals surface area contributed by atoms with Crippen molar-refractivity contribution in [3.8, 4) is 0 Å². The lowest BCUT2D eigenvalue weighted by molar-refractivity contribution is 0.886. The first-order valence-electron chi connectivity index (χ1n) is 4.75. The average molecular weight is 184 g/mol. The number of thiophene rings is 1. The molecule has 0 aliphatic heterocycles. The molecule has 0 nitrogen and oxygen atoms in total. The summed E-state index contributed by atoms with van der Waals surface area (Å²) in [5.41, 5.74) is 0. The lowest BCUT2D eigenvalue weighted by atomic mass is 10.2. The molecule has 0 aliphatic rings. The first-order chi connectivity index (χ1) is 5.72. The molecule has 1 aromatic rings. The van der Waals surface area contributed by atoms with Gasteiger partial charge >= 0.3 is 0 Å². The Balaban J connectivity index is 0.000000261. The van der Waals surface area contributed by atoms with Crippen LogP contribution in [0.3, 0.4) is 0 Å². The van der Waals surface area contributed by atoms with E-state index in [4.69, 9.17) is 0 Å². The normalized spacial score (nSPS) is 9.42. The molecule has 1 heterocycles. The largest absolute Gasteiger partial charge is 0.149 e. The molecule has 0 fully saturated rings. The van der Waals surface area contributed by atoms with E-state index < -0.39 is 0 Å². The van der Waals surface area contributed by atoms with E-state index in [1.54, 1.807) is 0 Å². The van der Waals surface area contributed by atoms with Crippen molar-refractivity contribution >= 4 is 11.3 Å². The van der Waals surface area contributed by atoms with Gasteiger partial charge in [-0.2, -0.15) is 0 Å². The van der Waals surface area contributed by atoms with Gasteiger partial charge in [0.05, 0.1) is 0 Å².